The van der Waals surface area contributed by atoms with Crippen molar-refractivity contribution in [3.8, 4) is 5.75 Å². The summed E-state index contributed by atoms with van der Waals surface area (Å²) in [5.74, 6) is 0.225. The Morgan fingerprint density at radius 2 is 2.05 bits per heavy atom. The van der Waals surface area contributed by atoms with Crippen LogP contribution in [-0.2, 0) is 11.2 Å². The van der Waals surface area contributed by atoms with E-state index in [1.54, 1.807) is 0 Å². The van der Waals surface area contributed by atoms with Crippen LogP contribution in [0.25, 0.3) is 0 Å². The SMILES string of the molecule is CCOc1ccc(CCNCC2(C(=O)O)CC2)cc1. The molecule has 104 valence electrons. The number of nitrogens with one attached hydrogen (secondary N) is 1. The van der Waals surface area contributed by atoms with Gasteiger partial charge < -0.3 is 15.2 Å². The lowest BCUT2D eigenvalue weighted by atomic mass is 10.1. The van der Waals surface area contributed by atoms with E-state index in [0.717, 1.165) is 31.6 Å². The fraction of sp³-hybridized carbons (Fsp3) is 0.533. The Morgan fingerprint density at radius 1 is 1.37 bits per heavy atom. The van der Waals surface area contributed by atoms with E-state index in [0.29, 0.717) is 13.2 Å². The van der Waals surface area contributed by atoms with Gasteiger partial charge in [-0.1, -0.05) is 12.1 Å². The second-order valence-electron chi connectivity index (χ2n) is 5.09. The Hall–Kier alpha value is -1.55. The molecule has 0 aliphatic heterocycles. The summed E-state index contributed by atoms with van der Waals surface area (Å²) in [7, 11) is 0. The summed E-state index contributed by atoms with van der Waals surface area (Å²) >= 11 is 0. The van der Waals surface area contributed by atoms with Gasteiger partial charge in [-0.3, -0.25) is 4.79 Å². The average Bonchev–Trinajstić information content (AvgIpc) is 3.18. The van der Waals surface area contributed by atoms with Crippen LogP contribution >= 0.6 is 0 Å². The maximum atomic E-state index is 11.0. The number of carbonyl (C=O) groups is 1. The lowest BCUT2D eigenvalue weighted by molar-refractivity contribution is -0.143. The third-order valence-corrected chi connectivity index (χ3v) is 3.60. The molecule has 4 heteroatoms. The summed E-state index contributed by atoms with van der Waals surface area (Å²) in [6.07, 6.45) is 2.51. The first-order valence-corrected chi connectivity index (χ1v) is 6.82. The van der Waals surface area contributed by atoms with Gasteiger partial charge in [-0.2, -0.15) is 0 Å². The Morgan fingerprint density at radius 3 is 2.58 bits per heavy atom. The number of carboxylic acids is 1. The summed E-state index contributed by atoms with van der Waals surface area (Å²) in [6, 6.07) is 8.05. The molecule has 0 saturated heterocycles. The van der Waals surface area contributed by atoms with E-state index in [1.165, 1.54) is 5.56 Å². The molecule has 0 radical (unpaired) electrons. The Kier molecular flexibility index (Phi) is 4.43. The average molecular weight is 263 g/mol. The molecule has 1 aliphatic carbocycles. The Bertz CT molecular complexity index is 424. The first-order valence-electron chi connectivity index (χ1n) is 6.82. The summed E-state index contributed by atoms with van der Waals surface area (Å²) in [4.78, 5) is 11.0. The van der Waals surface area contributed by atoms with E-state index in [4.69, 9.17) is 9.84 Å². The summed E-state index contributed by atoms with van der Waals surface area (Å²) in [6.45, 7) is 4.04. The highest BCUT2D eigenvalue weighted by Crippen LogP contribution is 2.45. The van der Waals surface area contributed by atoms with Crippen LogP contribution in [0, 0.1) is 5.41 Å². The van der Waals surface area contributed by atoms with Crippen LogP contribution in [-0.4, -0.2) is 30.8 Å². The van der Waals surface area contributed by atoms with Crippen molar-refractivity contribution in [3.63, 3.8) is 0 Å². The van der Waals surface area contributed by atoms with Crippen molar-refractivity contribution >= 4 is 5.97 Å². The van der Waals surface area contributed by atoms with E-state index in [9.17, 15) is 4.79 Å². The van der Waals surface area contributed by atoms with E-state index >= 15 is 0 Å². The van der Waals surface area contributed by atoms with Gasteiger partial charge in [0.25, 0.3) is 0 Å². The van der Waals surface area contributed by atoms with Crippen molar-refractivity contribution < 1.29 is 14.6 Å². The highest BCUT2D eigenvalue weighted by molar-refractivity contribution is 5.78. The molecule has 1 aromatic carbocycles. The first kappa shape index (κ1) is 13.9. The molecule has 2 rings (SSSR count). The molecule has 1 fully saturated rings. The monoisotopic (exact) mass is 263 g/mol. The van der Waals surface area contributed by atoms with Gasteiger partial charge in [-0.25, -0.2) is 0 Å². The zero-order valence-electron chi connectivity index (χ0n) is 11.3. The number of hydrogen-bond donors (Lipinski definition) is 2. The molecule has 0 heterocycles. The van der Waals surface area contributed by atoms with Crippen molar-refractivity contribution in [1.82, 2.24) is 5.32 Å². The molecule has 1 saturated carbocycles. The number of ether oxygens (including phenoxy) is 1. The van der Waals surface area contributed by atoms with Gasteiger partial charge in [-0.05, 0) is 50.4 Å². The van der Waals surface area contributed by atoms with Crippen LogP contribution in [0.3, 0.4) is 0 Å². The standard InChI is InChI=1S/C15H21NO3/c1-2-19-13-5-3-12(4-6-13)7-10-16-11-15(8-9-15)14(17)18/h3-6,16H,2,7-11H2,1H3,(H,17,18). The molecular formula is C15H21NO3. The highest BCUT2D eigenvalue weighted by atomic mass is 16.5. The number of aliphatic carboxylic acids is 1. The van der Waals surface area contributed by atoms with Gasteiger partial charge >= 0.3 is 5.97 Å². The molecule has 1 aliphatic rings. The van der Waals surface area contributed by atoms with Gasteiger partial charge in [0.05, 0.1) is 12.0 Å². The van der Waals surface area contributed by atoms with Gasteiger partial charge in [0, 0.05) is 6.54 Å². The minimum atomic E-state index is -0.666. The number of hydrogen-bond acceptors (Lipinski definition) is 3. The second-order valence-corrected chi connectivity index (χ2v) is 5.09. The minimum Gasteiger partial charge on any atom is -0.494 e. The largest absolute Gasteiger partial charge is 0.494 e. The van der Waals surface area contributed by atoms with Crippen molar-refractivity contribution in [2.75, 3.05) is 19.7 Å². The van der Waals surface area contributed by atoms with Crippen LogP contribution < -0.4 is 10.1 Å². The molecule has 0 aromatic heterocycles. The fourth-order valence-electron chi connectivity index (χ4n) is 2.10. The fourth-order valence-corrected chi connectivity index (χ4v) is 2.10. The van der Waals surface area contributed by atoms with Crippen molar-refractivity contribution in [3.05, 3.63) is 29.8 Å². The summed E-state index contributed by atoms with van der Waals surface area (Å²) < 4.78 is 5.38. The van der Waals surface area contributed by atoms with E-state index < -0.39 is 11.4 Å². The predicted molar refractivity (Wildman–Crippen MR) is 73.5 cm³/mol. The maximum absolute atomic E-state index is 11.0. The zero-order chi connectivity index (χ0) is 13.7. The minimum absolute atomic E-state index is 0.473. The van der Waals surface area contributed by atoms with Gasteiger partial charge in [0.2, 0.25) is 0 Å². The predicted octanol–water partition coefficient (Wildman–Crippen LogP) is 2.08. The van der Waals surface area contributed by atoms with Crippen molar-refractivity contribution in [1.29, 1.82) is 0 Å². The summed E-state index contributed by atoms with van der Waals surface area (Å²) in [5, 5.41) is 12.3. The third kappa shape index (κ3) is 3.70. The van der Waals surface area contributed by atoms with Crippen molar-refractivity contribution in [2.24, 2.45) is 5.41 Å². The highest BCUT2D eigenvalue weighted by Gasteiger charge is 2.49. The normalized spacial score (nSPS) is 16.1. The van der Waals surface area contributed by atoms with Gasteiger partial charge in [0.15, 0.2) is 0 Å². The molecule has 1 aromatic rings. The number of carboxylic acid groups (broad SMARTS) is 1. The quantitative estimate of drug-likeness (QED) is 0.705. The molecule has 0 unspecified atom stereocenters. The van der Waals surface area contributed by atoms with E-state index in [-0.39, 0.29) is 0 Å². The zero-order valence-corrected chi connectivity index (χ0v) is 11.3. The summed E-state index contributed by atoms with van der Waals surface area (Å²) in [5.41, 5.74) is 0.759. The Balaban J connectivity index is 1.69. The topological polar surface area (TPSA) is 58.6 Å². The number of rotatable bonds is 8. The first-order chi connectivity index (χ1) is 9.16. The van der Waals surface area contributed by atoms with Crippen LogP contribution in [0.15, 0.2) is 24.3 Å². The van der Waals surface area contributed by atoms with Crippen LogP contribution in [0.2, 0.25) is 0 Å². The number of benzene rings is 1. The van der Waals surface area contributed by atoms with Crippen LogP contribution in [0.4, 0.5) is 0 Å². The molecule has 0 amide bonds. The second kappa shape index (κ2) is 6.06. The molecule has 2 N–H and O–H groups in total. The molecule has 0 spiro atoms. The molecule has 19 heavy (non-hydrogen) atoms. The smallest absolute Gasteiger partial charge is 0.310 e. The van der Waals surface area contributed by atoms with Gasteiger partial charge in [-0.15, -0.1) is 0 Å². The van der Waals surface area contributed by atoms with Crippen LogP contribution in [0.5, 0.6) is 5.75 Å². The molecular weight excluding hydrogens is 242 g/mol. The maximum Gasteiger partial charge on any atom is 0.310 e. The lowest BCUT2D eigenvalue weighted by Gasteiger charge is -2.11. The molecule has 0 atom stereocenters. The van der Waals surface area contributed by atoms with E-state index in [2.05, 4.69) is 17.4 Å². The molecule has 4 nitrogen and oxygen atoms in total. The van der Waals surface area contributed by atoms with Gasteiger partial charge in [0.1, 0.15) is 5.75 Å². The third-order valence-electron chi connectivity index (χ3n) is 3.60. The van der Waals surface area contributed by atoms with Crippen LogP contribution in [0.1, 0.15) is 25.3 Å². The molecule has 0 bridgehead atoms. The Labute approximate surface area is 113 Å². The van der Waals surface area contributed by atoms with Crippen molar-refractivity contribution in [2.45, 2.75) is 26.2 Å². The lowest BCUT2D eigenvalue weighted by Crippen LogP contribution is -2.31. The van der Waals surface area contributed by atoms with E-state index in [1.807, 2.05) is 19.1 Å².